The zero-order valence-corrected chi connectivity index (χ0v) is 14.9. The van der Waals surface area contributed by atoms with Gasteiger partial charge in [-0.3, -0.25) is 9.78 Å². The smallest absolute Gasteiger partial charge is 0.415 e. The van der Waals surface area contributed by atoms with Gasteiger partial charge in [-0.25, -0.2) is 9.79 Å². The van der Waals surface area contributed by atoms with E-state index in [2.05, 4.69) is 9.98 Å². The van der Waals surface area contributed by atoms with E-state index in [9.17, 15) is 19.8 Å². The molecule has 7 heteroatoms. The highest BCUT2D eigenvalue weighted by atomic mass is 16.3. The molecule has 0 spiro atoms. The molecule has 0 bridgehead atoms. The molecule has 0 amide bonds. The second-order valence-corrected chi connectivity index (χ2v) is 6.92. The van der Waals surface area contributed by atoms with E-state index in [1.807, 2.05) is 18.2 Å². The van der Waals surface area contributed by atoms with Crippen LogP contribution in [0.4, 0.5) is 5.82 Å². The summed E-state index contributed by atoms with van der Waals surface area (Å²) >= 11 is 0. The van der Waals surface area contributed by atoms with Crippen molar-refractivity contribution in [2.24, 2.45) is 7.05 Å². The van der Waals surface area contributed by atoms with Gasteiger partial charge in [0.05, 0.1) is 18.5 Å². The third-order valence-electron chi connectivity index (χ3n) is 5.36. The molecule has 3 aromatic rings. The zero-order valence-electron chi connectivity index (χ0n) is 14.9. The lowest BCUT2D eigenvalue weighted by Crippen LogP contribution is -2.72. The fraction of sp³-hybridized carbons (Fsp3) is 0.0952. The number of nitrogens with zero attached hydrogens (tertiary/aromatic N) is 1. The number of phenols is 1. The molecule has 2 aliphatic rings. The van der Waals surface area contributed by atoms with E-state index in [4.69, 9.17) is 0 Å². The van der Waals surface area contributed by atoms with Gasteiger partial charge in [0.25, 0.3) is 11.4 Å². The summed E-state index contributed by atoms with van der Waals surface area (Å²) in [6, 6.07) is 13.9. The van der Waals surface area contributed by atoms with Gasteiger partial charge in [0.1, 0.15) is 22.8 Å². The first-order valence-corrected chi connectivity index (χ1v) is 8.76. The lowest BCUT2D eigenvalue weighted by Gasteiger charge is -2.23. The van der Waals surface area contributed by atoms with Crippen molar-refractivity contribution in [3.8, 4) is 5.75 Å². The van der Waals surface area contributed by atoms with Gasteiger partial charge in [-0.05, 0) is 23.8 Å². The van der Waals surface area contributed by atoms with Crippen molar-refractivity contribution >= 4 is 17.3 Å². The molecule has 1 atom stereocenters. The van der Waals surface area contributed by atoms with Crippen LogP contribution in [-0.4, -0.2) is 25.5 Å². The Morgan fingerprint density at radius 3 is 2.54 bits per heavy atom. The number of benzene rings is 2. The van der Waals surface area contributed by atoms with Crippen LogP contribution in [0.1, 0.15) is 28.2 Å². The Bertz CT molecular complexity index is 1340. The van der Waals surface area contributed by atoms with E-state index in [1.54, 1.807) is 37.4 Å². The van der Waals surface area contributed by atoms with Crippen molar-refractivity contribution in [3.63, 3.8) is 0 Å². The normalized spacial score (nSPS) is 17.0. The van der Waals surface area contributed by atoms with Crippen LogP contribution < -0.4 is 16.2 Å². The van der Waals surface area contributed by atoms with Crippen LogP contribution in [0.3, 0.4) is 0 Å². The number of fused-ring (bicyclic) bond motifs is 4. The third-order valence-corrected chi connectivity index (χ3v) is 5.36. The van der Waals surface area contributed by atoms with E-state index < -0.39 is 17.2 Å². The molecule has 0 radical (unpaired) electrons. The maximum absolute atomic E-state index is 12.8. The van der Waals surface area contributed by atoms with E-state index in [0.717, 1.165) is 5.56 Å². The summed E-state index contributed by atoms with van der Waals surface area (Å²) in [5.41, 5.74) is 2.52. The molecule has 1 aliphatic carbocycles. The van der Waals surface area contributed by atoms with Crippen LogP contribution in [-0.2, 0) is 7.05 Å². The fourth-order valence-corrected chi connectivity index (χ4v) is 4.09. The first-order chi connectivity index (χ1) is 13.5. The summed E-state index contributed by atoms with van der Waals surface area (Å²) in [4.78, 5) is 30.5. The van der Waals surface area contributed by atoms with E-state index in [0.29, 0.717) is 33.8 Å². The summed E-state index contributed by atoms with van der Waals surface area (Å²) < 4.78 is 1.34. The molecular formula is C21H16N3O4+. The van der Waals surface area contributed by atoms with Gasteiger partial charge in [0.2, 0.25) is 0 Å². The van der Waals surface area contributed by atoms with Gasteiger partial charge in [-0.2, -0.15) is 4.57 Å². The standard InChI is InChI=1S/C21H15N3O4/c1-24-19-16(20(27)23-21(24)28)14(10-5-4-6-11(25)9-10)15-17(22-19)12-7-2-3-8-13(12)18(15)26/h2-9,14,25-26H,1H3,(H,23,27,28)/p+1. The number of hydrogen-bond donors (Lipinski definition) is 4. The Hall–Kier alpha value is -3.87. The van der Waals surface area contributed by atoms with Crippen LogP contribution >= 0.6 is 0 Å². The minimum atomic E-state index is -0.652. The molecule has 5 rings (SSSR count). The number of aliphatic hydroxyl groups is 1. The summed E-state index contributed by atoms with van der Waals surface area (Å²) in [5, 5.41) is 21.0. The predicted octanol–water partition coefficient (Wildman–Crippen LogP) is 0.409. The maximum Gasteiger partial charge on any atom is 0.415 e. The molecule has 1 aromatic heterocycles. The highest BCUT2D eigenvalue weighted by Crippen LogP contribution is 2.43. The van der Waals surface area contributed by atoms with Gasteiger partial charge in [-0.1, -0.05) is 30.3 Å². The average molecular weight is 374 g/mol. The first kappa shape index (κ1) is 16.3. The van der Waals surface area contributed by atoms with Gasteiger partial charge in [0, 0.05) is 11.1 Å². The second-order valence-electron chi connectivity index (χ2n) is 6.92. The number of H-pyrrole nitrogens is 1. The molecular weight excluding hydrogens is 358 g/mol. The number of phenolic OH excluding ortho intramolecular Hbond substituents is 1. The Morgan fingerprint density at radius 1 is 1.04 bits per heavy atom. The number of aromatic hydroxyl groups is 1. The third kappa shape index (κ3) is 2.07. The number of nitrogens with one attached hydrogen (secondary N) is 2. The Labute approximate surface area is 158 Å². The lowest BCUT2D eigenvalue weighted by atomic mass is 9.81. The van der Waals surface area contributed by atoms with Gasteiger partial charge in [0.15, 0.2) is 0 Å². The Kier molecular flexibility index (Phi) is 3.24. The van der Waals surface area contributed by atoms with Crippen molar-refractivity contribution in [1.29, 1.82) is 0 Å². The van der Waals surface area contributed by atoms with Crippen LogP contribution in [0.25, 0.3) is 5.76 Å². The number of allylic oxidation sites excluding steroid dienone is 1. The Balaban J connectivity index is 1.94. The Morgan fingerprint density at radius 2 is 1.79 bits per heavy atom. The van der Waals surface area contributed by atoms with Gasteiger partial charge in [-0.15, -0.1) is 0 Å². The monoisotopic (exact) mass is 374 g/mol. The molecule has 0 fully saturated rings. The summed E-state index contributed by atoms with van der Waals surface area (Å²) in [7, 11) is 1.57. The molecule has 2 heterocycles. The highest BCUT2D eigenvalue weighted by molar-refractivity contribution is 6.21. The molecule has 138 valence electrons. The molecule has 28 heavy (non-hydrogen) atoms. The van der Waals surface area contributed by atoms with Crippen molar-refractivity contribution < 1.29 is 15.2 Å². The predicted molar refractivity (Wildman–Crippen MR) is 103 cm³/mol. The quantitative estimate of drug-likeness (QED) is 0.495. The number of hydrogen-bond acceptors (Lipinski definition) is 4. The number of aromatic nitrogens is 2. The zero-order chi connectivity index (χ0) is 19.6. The van der Waals surface area contributed by atoms with Crippen LogP contribution in [0.2, 0.25) is 0 Å². The average Bonchev–Trinajstić information content (AvgIpc) is 2.97. The summed E-state index contributed by atoms with van der Waals surface area (Å²) in [5.74, 6) is -0.159. The SMILES string of the molecule is Cn1c2c(c(=O)[nH]c1=O)C(c1cccc(O)c1)C1=C(O)c3ccccc3C1=[NH+]2. The van der Waals surface area contributed by atoms with Crippen molar-refractivity contribution in [2.45, 2.75) is 5.92 Å². The van der Waals surface area contributed by atoms with Crippen LogP contribution in [0.15, 0.2) is 63.7 Å². The molecule has 2 aromatic carbocycles. The molecule has 1 unspecified atom stereocenters. The van der Waals surface area contributed by atoms with Crippen molar-refractivity contribution in [3.05, 3.63) is 97.2 Å². The number of aliphatic hydroxyl groups excluding tert-OH is 1. The number of rotatable bonds is 1. The molecule has 1 aliphatic heterocycles. The molecule has 7 nitrogen and oxygen atoms in total. The van der Waals surface area contributed by atoms with Crippen molar-refractivity contribution in [1.82, 2.24) is 9.55 Å². The van der Waals surface area contributed by atoms with E-state index >= 15 is 0 Å². The first-order valence-electron chi connectivity index (χ1n) is 8.76. The maximum atomic E-state index is 12.8. The van der Waals surface area contributed by atoms with Crippen LogP contribution in [0, 0.1) is 0 Å². The minimum absolute atomic E-state index is 0.0518. The fourth-order valence-electron chi connectivity index (χ4n) is 4.09. The van der Waals surface area contributed by atoms with Crippen LogP contribution in [0.5, 0.6) is 5.75 Å². The van der Waals surface area contributed by atoms with Gasteiger partial charge < -0.3 is 10.2 Å². The summed E-state index contributed by atoms with van der Waals surface area (Å²) in [6.07, 6.45) is 0. The van der Waals surface area contributed by atoms with Crippen molar-refractivity contribution in [2.75, 3.05) is 0 Å². The summed E-state index contributed by atoms with van der Waals surface area (Å²) in [6.45, 7) is 0. The molecule has 4 N–H and O–H groups in total. The second kappa shape index (κ2) is 5.56. The minimum Gasteiger partial charge on any atom is -0.508 e. The van der Waals surface area contributed by atoms with Gasteiger partial charge >= 0.3 is 5.69 Å². The lowest BCUT2D eigenvalue weighted by molar-refractivity contribution is -0.364. The molecule has 0 saturated carbocycles. The van der Waals surface area contributed by atoms with E-state index in [1.165, 1.54) is 4.57 Å². The molecule has 0 saturated heterocycles. The largest absolute Gasteiger partial charge is 0.508 e. The number of aromatic amines is 1. The topological polar surface area (TPSA) is 109 Å². The highest BCUT2D eigenvalue weighted by Gasteiger charge is 2.43. The van der Waals surface area contributed by atoms with E-state index in [-0.39, 0.29) is 11.5 Å².